The molecular weight excluding hydrogens is 321 g/mol. The van der Waals surface area contributed by atoms with Crippen molar-refractivity contribution in [2.75, 3.05) is 19.6 Å². The molecule has 0 saturated carbocycles. The fourth-order valence-electron chi connectivity index (χ4n) is 1.89. The van der Waals surface area contributed by atoms with E-state index in [-0.39, 0.29) is 29.9 Å². The number of piperazine rings is 1. The molecular formula is C11H15BrClN3O2. The van der Waals surface area contributed by atoms with Crippen LogP contribution in [0.2, 0.25) is 0 Å². The van der Waals surface area contributed by atoms with Gasteiger partial charge < -0.3 is 15.2 Å². The first-order valence-electron chi connectivity index (χ1n) is 5.49. The topological polar surface area (TPSA) is 65.2 Å². The van der Waals surface area contributed by atoms with Gasteiger partial charge in [-0.1, -0.05) is 0 Å². The fourth-order valence-corrected chi connectivity index (χ4v) is 2.25. The predicted molar refractivity (Wildman–Crippen MR) is 75.4 cm³/mol. The highest BCUT2D eigenvalue weighted by atomic mass is 79.9. The molecule has 2 heterocycles. The number of carbonyl (C=O) groups is 1. The van der Waals surface area contributed by atoms with Crippen LogP contribution in [0.4, 0.5) is 0 Å². The molecule has 1 aliphatic heterocycles. The lowest BCUT2D eigenvalue weighted by molar-refractivity contribution is 0.0655. The monoisotopic (exact) mass is 335 g/mol. The van der Waals surface area contributed by atoms with E-state index in [2.05, 4.69) is 26.2 Å². The van der Waals surface area contributed by atoms with Crippen molar-refractivity contribution < 1.29 is 4.79 Å². The van der Waals surface area contributed by atoms with Crippen molar-refractivity contribution in [2.24, 2.45) is 0 Å². The van der Waals surface area contributed by atoms with Gasteiger partial charge in [0.05, 0.1) is 10.0 Å². The second-order valence-corrected chi connectivity index (χ2v) is 4.97. The molecule has 2 N–H and O–H groups in total. The molecule has 1 fully saturated rings. The number of pyridine rings is 1. The van der Waals surface area contributed by atoms with E-state index in [1.807, 2.05) is 11.8 Å². The number of nitrogens with one attached hydrogen (secondary N) is 2. The summed E-state index contributed by atoms with van der Waals surface area (Å²) in [5.41, 5.74) is 0.278. The van der Waals surface area contributed by atoms with E-state index in [1.165, 1.54) is 6.20 Å². The molecule has 1 aliphatic rings. The van der Waals surface area contributed by atoms with Gasteiger partial charge >= 0.3 is 0 Å². The molecule has 0 spiro atoms. The Labute approximate surface area is 119 Å². The van der Waals surface area contributed by atoms with Crippen LogP contribution in [-0.4, -0.2) is 41.5 Å². The lowest BCUT2D eigenvalue weighted by Crippen LogP contribution is -2.52. The van der Waals surface area contributed by atoms with E-state index in [1.54, 1.807) is 6.07 Å². The summed E-state index contributed by atoms with van der Waals surface area (Å²) in [6, 6.07) is 1.73. The average Bonchev–Trinajstić information content (AvgIpc) is 2.32. The van der Waals surface area contributed by atoms with Gasteiger partial charge in [-0.15, -0.1) is 12.4 Å². The first-order chi connectivity index (χ1) is 8.09. The van der Waals surface area contributed by atoms with Crippen LogP contribution in [-0.2, 0) is 0 Å². The molecule has 100 valence electrons. The van der Waals surface area contributed by atoms with E-state index in [4.69, 9.17) is 0 Å². The Hall–Kier alpha value is -0.850. The Morgan fingerprint density at radius 3 is 2.89 bits per heavy atom. The van der Waals surface area contributed by atoms with Gasteiger partial charge in [0.15, 0.2) is 0 Å². The van der Waals surface area contributed by atoms with Crippen molar-refractivity contribution in [1.82, 2.24) is 15.2 Å². The molecule has 0 radical (unpaired) electrons. The highest BCUT2D eigenvalue weighted by molar-refractivity contribution is 9.10. The van der Waals surface area contributed by atoms with E-state index >= 15 is 0 Å². The number of aromatic nitrogens is 1. The number of halogens is 2. The standard InChI is InChI=1S/C11H14BrN3O2.ClH/c1-7-5-13-2-3-15(7)11(17)8-4-9(12)10(16)14-6-8;/h4,6-7,13H,2-3,5H2,1H3,(H,14,16);1H. The minimum absolute atomic E-state index is 0. The molecule has 1 atom stereocenters. The Bertz CT molecular complexity index is 491. The average molecular weight is 337 g/mol. The van der Waals surface area contributed by atoms with Gasteiger partial charge in [0.1, 0.15) is 0 Å². The van der Waals surface area contributed by atoms with Crippen LogP contribution in [0.25, 0.3) is 0 Å². The van der Waals surface area contributed by atoms with Crippen molar-refractivity contribution in [3.63, 3.8) is 0 Å². The molecule has 1 aromatic heterocycles. The van der Waals surface area contributed by atoms with Crippen LogP contribution in [0.15, 0.2) is 21.5 Å². The summed E-state index contributed by atoms with van der Waals surface area (Å²) in [7, 11) is 0. The molecule has 0 aliphatic carbocycles. The third-order valence-corrected chi connectivity index (χ3v) is 3.46. The van der Waals surface area contributed by atoms with E-state index in [0.29, 0.717) is 16.6 Å². The third-order valence-electron chi connectivity index (χ3n) is 2.87. The number of aromatic amines is 1. The summed E-state index contributed by atoms with van der Waals surface area (Å²) in [6.07, 6.45) is 1.46. The highest BCUT2D eigenvalue weighted by Gasteiger charge is 2.24. The summed E-state index contributed by atoms with van der Waals surface area (Å²) in [6.45, 7) is 4.30. The van der Waals surface area contributed by atoms with Crippen LogP contribution in [0.3, 0.4) is 0 Å². The Morgan fingerprint density at radius 1 is 1.56 bits per heavy atom. The van der Waals surface area contributed by atoms with Crippen LogP contribution in [0.1, 0.15) is 17.3 Å². The molecule has 18 heavy (non-hydrogen) atoms. The molecule has 1 saturated heterocycles. The van der Waals surface area contributed by atoms with Gasteiger partial charge in [-0.3, -0.25) is 9.59 Å². The van der Waals surface area contributed by atoms with Crippen molar-refractivity contribution in [3.8, 4) is 0 Å². The number of carbonyl (C=O) groups excluding carboxylic acids is 1. The second kappa shape index (κ2) is 6.36. The third kappa shape index (κ3) is 3.13. The largest absolute Gasteiger partial charge is 0.333 e. The SMILES string of the molecule is CC1CNCCN1C(=O)c1c[nH]c(=O)c(Br)c1.Cl. The minimum atomic E-state index is -0.227. The Morgan fingerprint density at radius 2 is 2.28 bits per heavy atom. The quantitative estimate of drug-likeness (QED) is 0.804. The predicted octanol–water partition coefficient (Wildman–Crippen LogP) is 0.993. The van der Waals surface area contributed by atoms with Crippen molar-refractivity contribution in [1.29, 1.82) is 0 Å². The van der Waals surface area contributed by atoms with Crippen molar-refractivity contribution in [3.05, 3.63) is 32.7 Å². The second-order valence-electron chi connectivity index (χ2n) is 4.12. The maximum absolute atomic E-state index is 12.2. The summed E-state index contributed by atoms with van der Waals surface area (Å²) in [5, 5.41) is 3.23. The minimum Gasteiger partial charge on any atom is -0.333 e. The van der Waals surface area contributed by atoms with E-state index in [0.717, 1.165) is 13.1 Å². The fraction of sp³-hybridized carbons (Fsp3) is 0.455. The maximum Gasteiger partial charge on any atom is 0.262 e. The van der Waals surface area contributed by atoms with Gasteiger partial charge in [-0.25, -0.2) is 0 Å². The lowest BCUT2D eigenvalue weighted by atomic mass is 10.1. The van der Waals surface area contributed by atoms with Crippen molar-refractivity contribution >= 4 is 34.2 Å². The molecule has 5 nitrogen and oxygen atoms in total. The zero-order valence-electron chi connectivity index (χ0n) is 9.90. The normalized spacial score (nSPS) is 19.2. The number of hydrogen-bond acceptors (Lipinski definition) is 3. The Kier molecular flexibility index (Phi) is 5.37. The summed E-state index contributed by atoms with van der Waals surface area (Å²) < 4.78 is 0.381. The smallest absolute Gasteiger partial charge is 0.262 e. The molecule has 1 amide bonds. The first-order valence-corrected chi connectivity index (χ1v) is 6.29. The summed E-state index contributed by atoms with van der Waals surface area (Å²) in [4.78, 5) is 27.8. The van der Waals surface area contributed by atoms with Crippen LogP contribution in [0.5, 0.6) is 0 Å². The number of amides is 1. The van der Waals surface area contributed by atoms with Crippen LogP contribution in [0, 0.1) is 0 Å². The van der Waals surface area contributed by atoms with E-state index in [9.17, 15) is 9.59 Å². The molecule has 1 unspecified atom stereocenters. The van der Waals surface area contributed by atoms with Gasteiger partial charge in [0, 0.05) is 31.9 Å². The van der Waals surface area contributed by atoms with Crippen LogP contribution < -0.4 is 10.9 Å². The number of H-pyrrole nitrogens is 1. The molecule has 0 bridgehead atoms. The van der Waals surface area contributed by atoms with Gasteiger partial charge in [-0.2, -0.15) is 0 Å². The number of hydrogen-bond donors (Lipinski definition) is 2. The number of nitrogens with zero attached hydrogens (tertiary/aromatic N) is 1. The van der Waals surface area contributed by atoms with Crippen molar-refractivity contribution in [2.45, 2.75) is 13.0 Å². The lowest BCUT2D eigenvalue weighted by Gasteiger charge is -2.34. The first kappa shape index (κ1) is 15.2. The van der Waals surface area contributed by atoms with Crippen LogP contribution >= 0.6 is 28.3 Å². The Balaban J connectivity index is 0.00000162. The van der Waals surface area contributed by atoms with Gasteiger partial charge in [-0.05, 0) is 28.9 Å². The highest BCUT2D eigenvalue weighted by Crippen LogP contribution is 2.11. The molecule has 7 heteroatoms. The zero-order valence-corrected chi connectivity index (χ0v) is 12.3. The molecule has 2 rings (SSSR count). The maximum atomic E-state index is 12.2. The summed E-state index contributed by atoms with van der Waals surface area (Å²) in [5.74, 6) is -0.0454. The summed E-state index contributed by atoms with van der Waals surface area (Å²) >= 11 is 3.13. The van der Waals surface area contributed by atoms with Gasteiger partial charge in [0.2, 0.25) is 0 Å². The van der Waals surface area contributed by atoms with Gasteiger partial charge in [0.25, 0.3) is 11.5 Å². The van der Waals surface area contributed by atoms with E-state index < -0.39 is 0 Å². The number of rotatable bonds is 1. The molecule has 1 aromatic rings. The zero-order chi connectivity index (χ0) is 12.4. The molecule has 0 aromatic carbocycles.